The van der Waals surface area contributed by atoms with Crippen LogP contribution < -0.4 is 0 Å². The highest BCUT2D eigenvalue weighted by molar-refractivity contribution is 7.66. The highest BCUT2D eigenvalue weighted by atomic mass is 31.3. The van der Waals surface area contributed by atoms with Gasteiger partial charge >= 0.3 is 15.2 Å². The van der Waals surface area contributed by atoms with Gasteiger partial charge < -0.3 is 14.9 Å². The van der Waals surface area contributed by atoms with Crippen molar-refractivity contribution in [2.24, 2.45) is 0 Å². The lowest BCUT2D eigenvalue weighted by Crippen LogP contribution is -1.98. The third-order valence-electron chi connectivity index (χ3n) is 1.04. The summed E-state index contributed by atoms with van der Waals surface area (Å²) in [6, 6.07) is 0. The Labute approximate surface area is 70.3 Å². The van der Waals surface area contributed by atoms with E-state index < -0.39 is 28.0 Å². The van der Waals surface area contributed by atoms with Crippen LogP contribution in [0.4, 0.5) is 0 Å². The number of aliphatic hydroxyl groups excluding tert-OH is 1. The predicted molar refractivity (Wildman–Crippen MR) is 43.2 cm³/mol. The summed E-state index contributed by atoms with van der Waals surface area (Å²) < 4.78 is 25.7. The van der Waals surface area contributed by atoms with Crippen LogP contribution in [0.1, 0.15) is 6.92 Å². The minimum Gasteiger partial charge on any atom is -0.396 e. The Morgan fingerprint density at radius 3 is 2.08 bits per heavy atom. The first-order chi connectivity index (χ1) is 5.33. The Morgan fingerprint density at radius 2 is 1.75 bits per heavy atom. The monoisotopic (exact) mass is 218 g/mol. The van der Waals surface area contributed by atoms with Crippen LogP contribution in [0.5, 0.6) is 0 Å². The predicted octanol–water partition coefficient (Wildman–Crippen LogP) is 0.386. The summed E-state index contributed by atoms with van der Waals surface area (Å²) in [6.07, 6.45) is -0.763. The highest BCUT2D eigenvalue weighted by Gasteiger charge is 2.29. The molecule has 6 nitrogen and oxygen atoms in total. The van der Waals surface area contributed by atoms with Crippen LogP contribution in [0, 0.1) is 0 Å². The largest absolute Gasteiger partial charge is 0.396 e. The van der Waals surface area contributed by atoms with Gasteiger partial charge in [-0.25, -0.2) is 4.31 Å². The minimum absolute atomic E-state index is 0.233. The molecule has 0 aliphatic rings. The molecule has 0 saturated carbocycles. The average Bonchev–Trinajstić information content (AvgIpc) is 1.85. The molecular weight excluding hydrogens is 206 g/mol. The van der Waals surface area contributed by atoms with Gasteiger partial charge in [0.25, 0.3) is 0 Å². The van der Waals surface area contributed by atoms with Gasteiger partial charge in [0, 0.05) is 6.16 Å². The molecule has 74 valence electrons. The third kappa shape index (κ3) is 5.04. The van der Waals surface area contributed by atoms with Crippen molar-refractivity contribution in [2.75, 3.05) is 18.9 Å². The summed E-state index contributed by atoms with van der Waals surface area (Å²) in [6.45, 7) is 0.803. The molecule has 0 aromatic heterocycles. The normalized spacial score (nSPS) is 21.3. The van der Waals surface area contributed by atoms with Crippen LogP contribution >= 0.6 is 15.2 Å². The Bertz CT molecular complexity index is 226. The molecule has 0 amide bonds. The van der Waals surface area contributed by atoms with E-state index in [9.17, 15) is 9.13 Å². The van der Waals surface area contributed by atoms with E-state index >= 15 is 0 Å². The van der Waals surface area contributed by atoms with Gasteiger partial charge in [-0.15, -0.1) is 0 Å². The molecule has 0 saturated heterocycles. The van der Waals surface area contributed by atoms with Crippen molar-refractivity contribution in [1.29, 1.82) is 0 Å². The van der Waals surface area contributed by atoms with Crippen molar-refractivity contribution in [3.63, 3.8) is 0 Å². The number of hydrogen-bond donors (Lipinski definition) is 3. The van der Waals surface area contributed by atoms with Crippen LogP contribution in [0.3, 0.4) is 0 Å². The maximum Gasteiger partial charge on any atom is 0.337 e. The van der Waals surface area contributed by atoms with Gasteiger partial charge in [-0.3, -0.25) is 9.13 Å². The van der Waals surface area contributed by atoms with Gasteiger partial charge in [0.05, 0.1) is 12.8 Å². The number of hydrogen-bond acceptors (Lipinski definition) is 4. The second kappa shape index (κ2) is 4.51. The van der Waals surface area contributed by atoms with E-state index in [0.29, 0.717) is 0 Å². The molecule has 3 N–H and O–H groups in total. The molecule has 0 fully saturated rings. The SMILES string of the molecule is CCP(=O)(O)OP(=O)(O)CCO. The van der Waals surface area contributed by atoms with E-state index in [1.165, 1.54) is 6.92 Å². The van der Waals surface area contributed by atoms with Crippen molar-refractivity contribution in [1.82, 2.24) is 0 Å². The van der Waals surface area contributed by atoms with Gasteiger partial charge in [-0.1, -0.05) is 6.92 Å². The fourth-order valence-electron chi connectivity index (χ4n) is 0.424. The van der Waals surface area contributed by atoms with Crippen LogP contribution in [0.15, 0.2) is 0 Å². The topological polar surface area (TPSA) is 104 Å². The Morgan fingerprint density at radius 1 is 1.25 bits per heavy atom. The van der Waals surface area contributed by atoms with Crippen LogP contribution in [-0.2, 0) is 13.4 Å². The molecule has 0 spiro atoms. The van der Waals surface area contributed by atoms with Crippen molar-refractivity contribution in [2.45, 2.75) is 6.92 Å². The molecule has 0 rings (SSSR count). The van der Waals surface area contributed by atoms with E-state index in [1.54, 1.807) is 0 Å². The summed E-state index contributed by atoms with van der Waals surface area (Å²) in [5.41, 5.74) is 0. The van der Waals surface area contributed by atoms with Crippen molar-refractivity contribution < 1.29 is 28.3 Å². The molecular formula is C4H12O6P2. The lowest BCUT2D eigenvalue weighted by atomic mass is 10.9. The molecule has 0 heterocycles. The average molecular weight is 218 g/mol. The molecule has 8 heteroatoms. The summed E-state index contributed by atoms with van der Waals surface area (Å²) in [4.78, 5) is 17.6. The molecule has 0 bridgehead atoms. The highest BCUT2D eigenvalue weighted by Crippen LogP contribution is 2.58. The minimum atomic E-state index is -4.09. The maximum absolute atomic E-state index is 10.8. The standard InChI is InChI=1S/C4H12O6P2/c1-2-11(6,7)10-12(8,9)4-3-5/h5H,2-4H2,1H3,(H,6,7)(H,8,9). The first-order valence-corrected chi connectivity index (χ1v) is 6.81. The number of aliphatic hydroxyl groups is 1. The lowest BCUT2D eigenvalue weighted by molar-refractivity contribution is 0.293. The van der Waals surface area contributed by atoms with Gasteiger partial charge in [-0.2, -0.15) is 0 Å². The van der Waals surface area contributed by atoms with Gasteiger partial charge in [0.1, 0.15) is 0 Å². The quantitative estimate of drug-likeness (QED) is 0.576. The van der Waals surface area contributed by atoms with E-state index in [1.807, 2.05) is 0 Å². The van der Waals surface area contributed by atoms with E-state index in [4.69, 9.17) is 14.9 Å². The smallest absolute Gasteiger partial charge is 0.337 e. The van der Waals surface area contributed by atoms with Crippen molar-refractivity contribution in [3.8, 4) is 0 Å². The van der Waals surface area contributed by atoms with Crippen molar-refractivity contribution in [3.05, 3.63) is 0 Å². The summed E-state index contributed by atoms with van der Waals surface area (Å²) >= 11 is 0. The summed E-state index contributed by atoms with van der Waals surface area (Å²) in [5, 5.41) is 8.29. The molecule has 2 unspecified atom stereocenters. The fraction of sp³-hybridized carbons (Fsp3) is 1.00. The fourth-order valence-corrected chi connectivity index (χ4v) is 3.06. The van der Waals surface area contributed by atoms with Gasteiger partial charge in [0.2, 0.25) is 0 Å². The lowest BCUT2D eigenvalue weighted by Gasteiger charge is -2.14. The van der Waals surface area contributed by atoms with Crippen molar-refractivity contribution >= 4 is 15.2 Å². The maximum atomic E-state index is 10.8. The second-order valence-electron chi connectivity index (χ2n) is 2.12. The molecule has 0 aromatic carbocycles. The molecule has 2 atom stereocenters. The zero-order chi connectivity index (χ0) is 9.83. The van der Waals surface area contributed by atoms with Crippen LogP contribution in [0.25, 0.3) is 0 Å². The third-order valence-corrected chi connectivity index (χ3v) is 4.64. The van der Waals surface area contributed by atoms with E-state index in [2.05, 4.69) is 4.31 Å². The number of rotatable bonds is 5. The Kier molecular flexibility index (Phi) is 4.62. The first-order valence-electron chi connectivity index (χ1n) is 3.29. The molecule has 12 heavy (non-hydrogen) atoms. The van der Waals surface area contributed by atoms with Gasteiger partial charge in [0.15, 0.2) is 0 Å². The van der Waals surface area contributed by atoms with E-state index in [0.717, 1.165) is 0 Å². The molecule has 0 aromatic rings. The first kappa shape index (κ1) is 12.3. The molecule has 0 aliphatic heterocycles. The molecule has 0 aliphatic carbocycles. The zero-order valence-electron chi connectivity index (χ0n) is 6.58. The molecule has 0 radical (unpaired) electrons. The Balaban J connectivity index is 4.24. The van der Waals surface area contributed by atoms with Gasteiger partial charge in [-0.05, 0) is 0 Å². The van der Waals surface area contributed by atoms with Crippen LogP contribution in [-0.4, -0.2) is 33.8 Å². The summed E-state index contributed by atoms with van der Waals surface area (Å²) in [7, 11) is -8.04. The summed E-state index contributed by atoms with van der Waals surface area (Å²) in [5.74, 6) is 0. The van der Waals surface area contributed by atoms with Crippen LogP contribution in [0.2, 0.25) is 0 Å². The second-order valence-corrected chi connectivity index (χ2v) is 6.40. The van der Waals surface area contributed by atoms with E-state index in [-0.39, 0.29) is 6.16 Å². The zero-order valence-corrected chi connectivity index (χ0v) is 8.37. The Hall–Kier alpha value is 0.300.